The summed E-state index contributed by atoms with van der Waals surface area (Å²) >= 11 is 0. The number of halogens is 1. The lowest BCUT2D eigenvalue weighted by atomic mass is 10.1. The summed E-state index contributed by atoms with van der Waals surface area (Å²) in [4.78, 5) is 1.99. The van der Waals surface area contributed by atoms with Crippen LogP contribution in [-0.2, 0) is 6.42 Å². The lowest BCUT2D eigenvalue weighted by molar-refractivity contribution is 0.318. The van der Waals surface area contributed by atoms with Crippen LogP contribution in [0.5, 0.6) is 0 Å². The Balaban J connectivity index is 2.15. The second-order valence-electron chi connectivity index (χ2n) is 4.65. The Morgan fingerprint density at radius 3 is 2.70 bits per heavy atom. The third kappa shape index (κ3) is 1.87. The molecule has 2 aromatic rings. The van der Waals surface area contributed by atoms with Gasteiger partial charge < -0.3 is 15.8 Å². The fraction of sp³-hybridized carbons (Fsp3) is 0.133. The summed E-state index contributed by atoms with van der Waals surface area (Å²) in [6, 6.07) is 12.7. The molecule has 0 aliphatic carbocycles. The van der Waals surface area contributed by atoms with Gasteiger partial charge in [-0.1, -0.05) is 29.4 Å². The molecule has 1 aliphatic rings. The van der Waals surface area contributed by atoms with Gasteiger partial charge in [0, 0.05) is 12.2 Å². The van der Waals surface area contributed by atoms with Gasteiger partial charge in [0.25, 0.3) is 0 Å². The van der Waals surface area contributed by atoms with Crippen LogP contribution in [-0.4, -0.2) is 17.6 Å². The van der Waals surface area contributed by atoms with Gasteiger partial charge >= 0.3 is 0 Å². The van der Waals surface area contributed by atoms with Crippen LogP contribution >= 0.6 is 0 Å². The summed E-state index contributed by atoms with van der Waals surface area (Å²) in [5, 5.41) is 11.8. The van der Waals surface area contributed by atoms with E-state index in [0.717, 1.165) is 18.7 Å². The first kappa shape index (κ1) is 12.5. The van der Waals surface area contributed by atoms with E-state index in [1.165, 1.54) is 11.6 Å². The van der Waals surface area contributed by atoms with Crippen molar-refractivity contribution in [1.82, 2.24) is 0 Å². The van der Waals surface area contributed by atoms with E-state index in [-0.39, 0.29) is 11.4 Å². The van der Waals surface area contributed by atoms with Crippen molar-refractivity contribution in [3.05, 3.63) is 59.4 Å². The molecule has 4 nitrogen and oxygen atoms in total. The largest absolute Gasteiger partial charge is 0.409 e. The molecule has 0 unspecified atom stereocenters. The third-order valence-corrected chi connectivity index (χ3v) is 3.53. The first-order valence-electron chi connectivity index (χ1n) is 6.34. The Morgan fingerprint density at radius 1 is 1.15 bits per heavy atom. The summed E-state index contributed by atoms with van der Waals surface area (Å²) in [5.41, 5.74) is 8.61. The van der Waals surface area contributed by atoms with Gasteiger partial charge in [-0.05, 0) is 30.2 Å². The van der Waals surface area contributed by atoms with Crippen molar-refractivity contribution in [2.24, 2.45) is 10.9 Å². The number of nitrogens with two attached hydrogens (primary N) is 1. The van der Waals surface area contributed by atoms with Gasteiger partial charge in [-0.3, -0.25) is 0 Å². The summed E-state index contributed by atoms with van der Waals surface area (Å²) in [6.45, 7) is 0.745. The van der Waals surface area contributed by atoms with Gasteiger partial charge in [0.15, 0.2) is 5.84 Å². The van der Waals surface area contributed by atoms with E-state index in [4.69, 9.17) is 10.9 Å². The molecule has 3 N–H and O–H groups in total. The van der Waals surface area contributed by atoms with Crippen molar-refractivity contribution >= 4 is 17.2 Å². The molecule has 102 valence electrons. The smallest absolute Gasteiger partial charge is 0.175 e. The van der Waals surface area contributed by atoms with Crippen LogP contribution in [0.15, 0.2) is 47.6 Å². The summed E-state index contributed by atoms with van der Waals surface area (Å²) in [6.07, 6.45) is 0.891. The van der Waals surface area contributed by atoms with Gasteiger partial charge in [0.05, 0.1) is 11.3 Å². The number of fused-ring (bicyclic) bond motifs is 1. The zero-order valence-electron chi connectivity index (χ0n) is 10.8. The van der Waals surface area contributed by atoms with Crippen molar-refractivity contribution in [1.29, 1.82) is 0 Å². The quantitative estimate of drug-likeness (QED) is 0.382. The van der Waals surface area contributed by atoms with E-state index in [0.29, 0.717) is 5.69 Å². The summed E-state index contributed by atoms with van der Waals surface area (Å²) in [5.74, 6) is -0.718. The lowest BCUT2D eigenvalue weighted by Gasteiger charge is -2.22. The van der Waals surface area contributed by atoms with Gasteiger partial charge in [-0.15, -0.1) is 0 Å². The van der Waals surface area contributed by atoms with E-state index in [1.807, 2.05) is 23.1 Å². The predicted molar refractivity (Wildman–Crippen MR) is 76.1 cm³/mol. The molecule has 0 amide bonds. The Hall–Kier alpha value is -2.56. The van der Waals surface area contributed by atoms with Crippen LogP contribution in [0.25, 0.3) is 0 Å². The van der Waals surface area contributed by atoms with Gasteiger partial charge in [0.2, 0.25) is 0 Å². The maximum Gasteiger partial charge on any atom is 0.175 e. The summed E-state index contributed by atoms with van der Waals surface area (Å²) < 4.78 is 14.0. The minimum Gasteiger partial charge on any atom is -0.409 e. The molecule has 20 heavy (non-hydrogen) atoms. The second kappa shape index (κ2) is 4.85. The van der Waals surface area contributed by atoms with Crippen molar-refractivity contribution in [2.45, 2.75) is 6.42 Å². The van der Waals surface area contributed by atoms with Gasteiger partial charge in [0.1, 0.15) is 5.82 Å². The number of anilines is 2. The van der Waals surface area contributed by atoms with Crippen molar-refractivity contribution in [3.63, 3.8) is 0 Å². The highest BCUT2D eigenvalue weighted by atomic mass is 19.1. The average Bonchev–Trinajstić information content (AvgIpc) is 2.90. The molecular formula is C15H14FN3O. The number of nitrogens with zero attached hydrogens (tertiary/aromatic N) is 2. The second-order valence-corrected chi connectivity index (χ2v) is 4.65. The number of hydrogen-bond acceptors (Lipinski definition) is 3. The standard InChI is InChI=1S/C15H14FN3O/c16-11-5-3-7-13(14(11)15(17)18-20)19-9-8-10-4-1-2-6-12(10)19/h1-7,20H,8-9H2,(H2,17,18). The molecule has 1 aliphatic heterocycles. The molecule has 0 atom stereocenters. The van der Waals surface area contributed by atoms with E-state index in [1.54, 1.807) is 12.1 Å². The number of rotatable bonds is 2. The molecule has 0 bridgehead atoms. The highest BCUT2D eigenvalue weighted by Crippen LogP contribution is 2.36. The Kier molecular flexibility index (Phi) is 3.02. The van der Waals surface area contributed by atoms with Crippen molar-refractivity contribution in [3.8, 4) is 0 Å². The van der Waals surface area contributed by atoms with Crippen molar-refractivity contribution < 1.29 is 9.60 Å². The van der Waals surface area contributed by atoms with Gasteiger partial charge in [-0.25, -0.2) is 4.39 Å². The highest BCUT2D eigenvalue weighted by molar-refractivity contribution is 6.03. The maximum absolute atomic E-state index is 14.0. The zero-order chi connectivity index (χ0) is 14.1. The average molecular weight is 271 g/mol. The van der Waals surface area contributed by atoms with E-state index in [2.05, 4.69) is 11.2 Å². The molecule has 1 heterocycles. The van der Waals surface area contributed by atoms with Gasteiger partial charge in [-0.2, -0.15) is 0 Å². The van der Waals surface area contributed by atoms with Crippen molar-refractivity contribution in [2.75, 3.05) is 11.4 Å². The van der Waals surface area contributed by atoms with Crippen LogP contribution in [0.4, 0.5) is 15.8 Å². The third-order valence-electron chi connectivity index (χ3n) is 3.53. The minimum absolute atomic E-state index is 0.131. The highest BCUT2D eigenvalue weighted by Gasteiger charge is 2.24. The van der Waals surface area contributed by atoms with Crippen LogP contribution in [0.2, 0.25) is 0 Å². The molecular weight excluding hydrogens is 257 g/mol. The fourth-order valence-corrected chi connectivity index (χ4v) is 2.63. The topological polar surface area (TPSA) is 61.9 Å². The molecule has 5 heteroatoms. The van der Waals surface area contributed by atoms with Crippen LogP contribution in [0, 0.1) is 5.82 Å². The molecule has 0 spiro atoms. The molecule has 0 saturated heterocycles. The molecule has 0 radical (unpaired) electrons. The molecule has 3 rings (SSSR count). The molecule has 2 aromatic carbocycles. The SMILES string of the molecule is NC(=NO)c1c(F)cccc1N1CCc2ccccc21. The molecule has 0 fully saturated rings. The van der Waals surface area contributed by atoms with E-state index >= 15 is 0 Å². The molecule has 0 aromatic heterocycles. The van der Waals surface area contributed by atoms with E-state index < -0.39 is 5.82 Å². The Bertz CT molecular complexity index is 685. The maximum atomic E-state index is 14.0. The van der Waals surface area contributed by atoms with Crippen LogP contribution in [0.3, 0.4) is 0 Å². The number of benzene rings is 2. The fourth-order valence-electron chi connectivity index (χ4n) is 2.63. The van der Waals surface area contributed by atoms with Crippen LogP contribution < -0.4 is 10.6 Å². The Labute approximate surface area is 115 Å². The number of oxime groups is 1. The Morgan fingerprint density at radius 2 is 1.90 bits per heavy atom. The number of amidine groups is 1. The van der Waals surface area contributed by atoms with Crippen LogP contribution in [0.1, 0.15) is 11.1 Å². The first-order chi connectivity index (χ1) is 9.72. The number of hydrogen-bond donors (Lipinski definition) is 2. The normalized spacial score (nSPS) is 14.4. The zero-order valence-corrected chi connectivity index (χ0v) is 10.8. The summed E-state index contributed by atoms with van der Waals surface area (Å²) in [7, 11) is 0. The lowest BCUT2D eigenvalue weighted by Crippen LogP contribution is -2.22. The first-order valence-corrected chi connectivity index (χ1v) is 6.34. The molecule has 0 saturated carbocycles. The van der Waals surface area contributed by atoms with E-state index in [9.17, 15) is 4.39 Å². The number of para-hydroxylation sites is 1. The monoisotopic (exact) mass is 271 g/mol. The predicted octanol–water partition coefficient (Wildman–Crippen LogP) is 2.61. The minimum atomic E-state index is -0.498.